The zero-order valence-electron chi connectivity index (χ0n) is 14.9. The van der Waals surface area contributed by atoms with Crippen LogP contribution in [0.15, 0.2) is 54.7 Å². The molecule has 0 aliphatic carbocycles. The van der Waals surface area contributed by atoms with Gasteiger partial charge in [-0.3, -0.25) is 19.5 Å². The summed E-state index contributed by atoms with van der Waals surface area (Å²) in [7, 11) is 1.78. The first-order valence-electron chi connectivity index (χ1n) is 8.62. The number of amides is 1. The average Bonchev–Trinajstić information content (AvgIpc) is 2.94. The number of carbonyl (C=O) groups excluding carboxylic acids is 1. The maximum absolute atomic E-state index is 12.9. The molecule has 6 heteroatoms. The molecule has 26 heavy (non-hydrogen) atoms. The number of benzene rings is 1. The number of carboxylic acids is 1. The molecule has 0 unspecified atom stereocenters. The third-order valence-electron chi connectivity index (χ3n) is 5.30. The number of carboxylic acid groups (broad SMARTS) is 1. The topological polar surface area (TPSA) is 82.5 Å². The van der Waals surface area contributed by atoms with Crippen molar-refractivity contribution in [3.05, 3.63) is 66.0 Å². The first-order chi connectivity index (χ1) is 12.4. The van der Waals surface area contributed by atoms with Gasteiger partial charge in [0.2, 0.25) is 5.91 Å². The summed E-state index contributed by atoms with van der Waals surface area (Å²) in [6.07, 6.45) is 1.94. The number of pyridine rings is 1. The molecule has 0 radical (unpaired) electrons. The van der Waals surface area contributed by atoms with Crippen LogP contribution in [0.1, 0.15) is 30.6 Å². The predicted molar refractivity (Wildman–Crippen MR) is 97.2 cm³/mol. The molecular formula is C20H23N3O3. The summed E-state index contributed by atoms with van der Waals surface area (Å²) < 4.78 is 0. The van der Waals surface area contributed by atoms with Crippen LogP contribution in [-0.2, 0) is 16.1 Å². The average molecular weight is 353 g/mol. The van der Waals surface area contributed by atoms with Crippen LogP contribution in [0, 0.1) is 5.92 Å². The molecule has 136 valence electrons. The monoisotopic (exact) mass is 353 g/mol. The molecule has 3 atom stereocenters. The molecule has 0 spiro atoms. The van der Waals surface area contributed by atoms with E-state index in [9.17, 15) is 14.7 Å². The lowest BCUT2D eigenvalue weighted by atomic mass is 9.89. The van der Waals surface area contributed by atoms with E-state index in [1.165, 1.54) is 0 Å². The third kappa shape index (κ3) is 3.32. The molecule has 0 saturated carbocycles. The first kappa shape index (κ1) is 18.1. The fourth-order valence-corrected chi connectivity index (χ4v) is 3.65. The van der Waals surface area contributed by atoms with Gasteiger partial charge in [-0.05, 0) is 38.1 Å². The molecule has 1 aliphatic rings. The Morgan fingerprint density at radius 2 is 1.92 bits per heavy atom. The minimum atomic E-state index is -1.09. The van der Waals surface area contributed by atoms with Gasteiger partial charge in [0.05, 0.1) is 18.2 Å². The van der Waals surface area contributed by atoms with Crippen molar-refractivity contribution in [2.75, 3.05) is 7.05 Å². The van der Waals surface area contributed by atoms with E-state index >= 15 is 0 Å². The van der Waals surface area contributed by atoms with E-state index < -0.39 is 17.4 Å². The van der Waals surface area contributed by atoms with Crippen LogP contribution in [0.4, 0.5) is 0 Å². The molecule has 1 saturated heterocycles. The van der Waals surface area contributed by atoms with Crippen molar-refractivity contribution in [1.82, 2.24) is 15.2 Å². The van der Waals surface area contributed by atoms with Gasteiger partial charge in [0, 0.05) is 12.2 Å². The molecule has 3 rings (SSSR count). The summed E-state index contributed by atoms with van der Waals surface area (Å²) in [4.78, 5) is 30.8. The highest BCUT2D eigenvalue weighted by Crippen LogP contribution is 2.45. The Bertz CT molecular complexity index is 781. The minimum Gasteiger partial charge on any atom is -0.480 e. The van der Waals surface area contributed by atoms with Crippen molar-refractivity contribution in [2.24, 2.45) is 5.92 Å². The highest BCUT2D eigenvalue weighted by atomic mass is 16.4. The van der Waals surface area contributed by atoms with Crippen LogP contribution < -0.4 is 5.32 Å². The molecule has 2 heterocycles. The Kier molecular flexibility index (Phi) is 5.04. The van der Waals surface area contributed by atoms with Gasteiger partial charge in [-0.2, -0.15) is 0 Å². The second kappa shape index (κ2) is 7.25. The van der Waals surface area contributed by atoms with Gasteiger partial charge in [-0.1, -0.05) is 36.4 Å². The molecule has 0 bridgehead atoms. The molecule has 1 amide bonds. The third-order valence-corrected chi connectivity index (χ3v) is 5.30. The van der Waals surface area contributed by atoms with Crippen molar-refractivity contribution in [3.63, 3.8) is 0 Å². The van der Waals surface area contributed by atoms with Crippen molar-refractivity contribution in [1.29, 1.82) is 0 Å². The number of hydrogen-bond donors (Lipinski definition) is 2. The van der Waals surface area contributed by atoms with Gasteiger partial charge in [-0.15, -0.1) is 0 Å². The summed E-state index contributed by atoms with van der Waals surface area (Å²) in [5.41, 5.74) is 0.621. The minimum absolute atomic E-state index is 0.152. The molecule has 6 nitrogen and oxygen atoms in total. The van der Waals surface area contributed by atoms with E-state index in [1.54, 1.807) is 25.1 Å². The van der Waals surface area contributed by atoms with Gasteiger partial charge in [0.1, 0.15) is 5.54 Å². The van der Waals surface area contributed by atoms with Crippen LogP contribution in [0.5, 0.6) is 0 Å². The summed E-state index contributed by atoms with van der Waals surface area (Å²) in [5, 5.41) is 12.6. The molecule has 1 aromatic heterocycles. The number of likely N-dealkylation sites (tertiary alicyclic amines) is 1. The number of rotatable bonds is 5. The molecule has 1 aliphatic heterocycles. The van der Waals surface area contributed by atoms with Gasteiger partial charge < -0.3 is 10.4 Å². The van der Waals surface area contributed by atoms with E-state index in [-0.39, 0.29) is 18.4 Å². The van der Waals surface area contributed by atoms with E-state index in [0.717, 1.165) is 11.3 Å². The van der Waals surface area contributed by atoms with Crippen molar-refractivity contribution in [2.45, 2.75) is 31.5 Å². The first-order valence-corrected chi connectivity index (χ1v) is 8.62. The fraction of sp³-hybridized carbons (Fsp3) is 0.350. The second-order valence-corrected chi connectivity index (χ2v) is 6.89. The number of nitrogens with zero attached hydrogens (tertiary/aromatic N) is 2. The summed E-state index contributed by atoms with van der Waals surface area (Å²) in [6, 6.07) is 14.8. The Balaban J connectivity index is 1.84. The quantitative estimate of drug-likeness (QED) is 0.861. The lowest BCUT2D eigenvalue weighted by molar-refractivity contribution is -0.148. The lowest BCUT2D eigenvalue weighted by Crippen LogP contribution is -2.46. The number of aliphatic carboxylic acids is 1. The van der Waals surface area contributed by atoms with E-state index in [0.29, 0.717) is 6.54 Å². The highest BCUT2D eigenvalue weighted by Gasteiger charge is 2.54. The van der Waals surface area contributed by atoms with Crippen LogP contribution in [0.25, 0.3) is 0 Å². The Labute approximate surface area is 152 Å². The summed E-state index contributed by atoms with van der Waals surface area (Å²) >= 11 is 0. The lowest BCUT2D eigenvalue weighted by Gasteiger charge is -2.32. The van der Waals surface area contributed by atoms with Crippen molar-refractivity contribution >= 4 is 11.9 Å². The van der Waals surface area contributed by atoms with Crippen LogP contribution in [-0.4, -0.2) is 39.5 Å². The van der Waals surface area contributed by atoms with Crippen LogP contribution in [0.3, 0.4) is 0 Å². The fourth-order valence-electron chi connectivity index (χ4n) is 3.65. The maximum atomic E-state index is 12.9. The highest BCUT2D eigenvalue weighted by molar-refractivity contribution is 5.85. The Morgan fingerprint density at radius 3 is 2.54 bits per heavy atom. The zero-order valence-corrected chi connectivity index (χ0v) is 14.9. The van der Waals surface area contributed by atoms with E-state index in [4.69, 9.17) is 0 Å². The number of carbonyl (C=O) groups is 2. The molecular weight excluding hydrogens is 330 g/mol. The summed E-state index contributed by atoms with van der Waals surface area (Å²) in [5.74, 6) is -1.52. The number of aromatic nitrogens is 1. The van der Waals surface area contributed by atoms with E-state index in [1.807, 2.05) is 48.5 Å². The number of hydrogen-bond acceptors (Lipinski definition) is 4. The van der Waals surface area contributed by atoms with Gasteiger partial charge >= 0.3 is 5.97 Å². The van der Waals surface area contributed by atoms with Gasteiger partial charge in [0.25, 0.3) is 0 Å². The largest absolute Gasteiger partial charge is 0.480 e. The predicted octanol–water partition coefficient (Wildman–Crippen LogP) is 2.23. The Hall–Kier alpha value is -2.73. The second-order valence-electron chi connectivity index (χ2n) is 6.89. The SMILES string of the molecule is CN1[C@H](c2ccccc2)[C@H](C(=O)NCc2ccccn2)C[C@]1(C)C(=O)O. The number of nitrogens with one attached hydrogen (secondary N) is 1. The number of likely N-dealkylation sites (N-methyl/N-ethyl adjacent to an activating group) is 1. The molecule has 1 fully saturated rings. The van der Waals surface area contributed by atoms with Gasteiger partial charge in [-0.25, -0.2) is 0 Å². The zero-order chi connectivity index (χ0) is 18.7. The van der Waals surface area contributed by atoms with Gasteiger partial charge in [0.15, 0.2) is 0 Å². The molecule has 2 N–H and O–H groups in total. The normalized spacial score (nSPS) is 25.8. The van der Waals surface area contributed by atoms with Crippen LogP contribution in [0.2, 0.25) is 0 Å². The standard InChI is InChI=1S/C20H23N3O3/c1-20(19(25)26)12-16(17(23(20)2)14-8-4-3-5-9-14)18(24)22-13-15-10-6-7-11-21-15/h3-11,16-17H,12-13H2,1-2H3,(H,22,24)(H,25,26)/t16-,17-,20-/m1/s1. The smallest absolute Gasteiger partial charge is 0.323 e. The van der Waals surface area contributed by atoms with E-state index in [2.05, 4.69) is 10.3 Å². The van der Waals surface area contributed by atoms with Crippen molar-refractivity contribution < 1.29 is 14.7 Å². The Morgan fingerprint density at radius 1 is 1.23 bits per heavy atom. The van der Waals surface area contributed by atoms with Crippen molar-refractivity contribution in [3.8, 4) is 0 Å². The maximum Gasteiger partial charge on any atom is 0.323 e. The molecule has 1 aromatic carbocycles. The molecule has 2 aromatic rings. The van der Waals surface area contributed by atoms with Crippen LogP contribution >= 0.6 is 0 Å². The summed E-state index contributed by atoms with van der Waals surface area (Å²) in [6.45, 7) is 2.00.